The number of hydrogen-bond donors (Lipinski definition) is 0. The maximum Gasteiger partial charge on any atom is 0.341 e. The molecule has 0 aliphatic rings. The third-order valence-electron chi connectivity index (χ3n) is 2.13. The van der Waals surface area contributed by atoms with Crippen molar-refractivity contribution in [3.05, 3.63) is 43.3 Å². The predicted octanol–water partition coefficient (Wildman–Crippen LogP) is 1.83. The van der Waals surface area contributed by atoms with Crippen LogP contribution in [0.4, 0.5) is 5.95 Å². The zero-order chi connectivity index (χ0) is 13.4. The molecule has 0 amide bonds. The van der Waals surface area contributed by atoms with Crippen LogP contribution in [-0.4, -0.2) is 35.6 Å². The van der Waals surface area contributed by atoms with Gasteiger partial charge in [-0.05, 0) is 6.92 Å². The van der Waals surface area contributed by atoms with Crippen molar-refractivity contribution in [1.82, 2.24) is 9.97 Å². The lowest BCUT2D eigenvalue weighted by Gasteiger charge is -2.18. The third kappa shape index (κ3) is 3.69. The molecule has 0 radical (unpaired) electrons. The maximum absolute atomic E-state index is 11.4. The summed E-state index contributed by atoms with van der Waals surface area (Å²) in [6.45, 7) is 10.7. The summed E-state index contributed by atoms with van der Waals surface area (Å²) >= 11 is 0. The molecule has 0 bridgehead atoms. The number of rotatable bonds is 7. The van der Waals surface area contributed by atoms with E-state index in [1.54, 1.807) is 19.1 Å². The van der Waals surface area contributed by atoms with Crippen molar-refractivity contribution in [3.8, 4) is 0 Å². The molecule has 0 aliphatic heterocycles. The van der Waals surface area contributed by atoms with Crippen molar-refractivity contribution in [2.24, 2.45) is 0 Å². The molecule has 0 aliphatic carbocycles. The average Bonchev–Trinajstić information content (AvgIpc) is 2.39. The molecule has 18 heavy (non-hydrogen) atoms. The van der Waals surface area contributed by atoms with E-state index in [0.717, 1.165) is 0 Å². The third-order valence-corrected chi connectivity index (χ3v) is 2.13. The van der Waals surface area contributed by atoms with E-state index in [2.05, 4.69) is 23.1 Å². The molecule has 5 heteroatoms. The number of aromatic nitrogens is 2. The molecule has 0 spiro atoms. The number of carbonyl (C=O) groups excluding carboxylic acids is 1. The Morgan fingerprint density at radius 1 is 1.33 bits per heavy atom. The summed E-state index contributed by atoms with van der Waals surface area (Å²) in [5.74, 6) is 0.117. The van der Waals surface area contributed by atoms with Crippen LogP contribution in [-0.2, 0) is 4.74 Å². The average molecular weight is 247 g/mol. The minimum atomic E-state index is -0.414. The minimum absolute atomic E-state index is 0.333. The Morgan fingerprint density at radius 3 is 2.33 bits per heavy atom. The van der Waals surface area contributed by atoms with Crippen LogP contribution in [0.1, 0.15) is 17.3 Å². The van der Waals surface area contributed by atoms with Crippen molar-refractivity contribution in [1.29, 1.82) is 0 Å². The molecule has 0 unspecified atom stereocenters. The van der Waals surface area contributed by atoms with Crippen molar-refractivity contribution >= 4 is 11.9 Å². The first kappa shape index (κ1) is 13.9. The lowest BCUT2D eigenvalue weighted by atomic mass is 10.3. The molecule has 1 rings (SSSR count). The molecule has 0 fully saturated rings. The molecule has 0 atom stereocenters. The highest BCUT2D eigenvalue weighted by Crippen LogP contribution is 2.08. The van der Waals surface area contributed by atoms with Crippen LogP contribution in [0.5, 0.6) is 0 Å². The van der Waals surface area contributed by atoms with Crippen LogP contribution in [0.25, 0.3) is 0 Å². The van der Waals surface area contributed by atoms with E-state index in [4.69, 9.17) is 4.74 Å². The minimum Gasteiger partial charge on any atom is -0.462 e. The molecule has 1 aromatic heterocycles. The zero-order valence-electron chi connectivity index (χ0n) is 10.5. The summed E-state index contributed by atoms with van der Waals surface area (Å²) in [7, 11) is 0. The molecule has 5 nitrogen and oxygen atoms in total. The summed E-state index contributed by atoms with van der Waals surface area (Å²) in [6.07, 6.45) is 6.43. The van der Waals surface area contributed by atoms with Crippen molar-refractivity contribution in [2.45, 2.75) is 6.92 Å². The van der Waals surface area contributed by atoms with Gasteiger partial charge in [-0.2, -0.15) is 0 Å². The van der Waals surface area contributed by atoms with Gasteiger partial charge in [0.2, 0.25) is 5.95 Å². The van der Waals surface area contributed by atoms with E-state index in [9.17, 15) is 4.79 Å². The number of esters is 1. The van der Waals surface area contributed by atoms with Gasteiger partial charge in [0.1, 0.15) is 0 Å². The first-order valence-corrected chi connectivity index (χ1v) is 5.68. The van der Waals surface area contributed by atoms with Crippen LogP contribution >= 0.6 is 0 Å². The molecule has 0 N–H and O–H groups in total. The lowest BCUT2D eigenvalue weighted by molar-refractivity contribution is 0.0525. The van der Waals surface area contributed by atoms with Gasteiger partial charge in [-0.25, -0.2) is 14.8 Å². The van der Waals surface area contributed by atoms with Crippen LogP contribution in [0.2, 0.25) is 0 Å². The van der Waals surface area contributed by atoms with E-state index in [1.807, 2.05) is 4.90 Å². The van der Waals surface area contributed by atoms with Crippen LogP contribution in [0.3, 0.4) is 0 Å². The Labute approximate surface area is 107 Å². The van der Waals surface area contributed by atoms with Crippen LogP contribution in [0.15, 0.2) is 37.7 Å². The normalized spacial score (nSPS) is 9.61. The zero-order valence-corrected chi connectivity index (χ0v) is 10.5. The fraction of sp³-hybridized carbons (Fsp3) is 0.308. The highest BCUT2D eigenvalue weighted by Gasteiger charge is 2.10. The highest BCUT2D eigenvalue weighted by molar-refractivity contribution is 5.88. The van der Waals surface area contributed by atoms with Crippen molar-refractivity contribution in [3.63, 3.8) is 0 Å². The number of hydrogen-bond acceptors (Lipinski definition) is 5. The van der Waals surface area contributed by atoms with Gasteiger partial charge in [-0.15, -0.1) is 13.2 Å². The second kappa shape index (κ2) is 7.21. The number of nitrogens with zero attached hydrogens (tertiary/aromatic N) is 3. The maximum atomic E-state index is 11.4. The number of carbonyl (C=O) groups is 1. The van der Waals surface area contributed by atoms with Crippen LogP contribution < -0.4 is 4.90 Å². The van der Waals surface area contributed by atoms with Gasteiger partial charge in [-0.1, -0.05) is 12.2 Å². The molecule has 0 aromatic carbocycles. The molecule has 0 saturated carbocycles. The molecular weight excluding hydrogens is 230 g/mol. The molecule has 1 heterocycles. The number of ether oxygens (including phenoxy) is 1. The standard InChI is InChI=1S/C13H17N3O2/c1-4-7-16(8-5-2)13-14-9-11(10-15-13)12(17)18-6-3/h4-5,9-10H,1-2,6-8H2,3H3. The highest BCUT2D eigenvalue weighted by atomic mass is 16.5. The van der Waals surface area contributed by atoms with Crippen molar-refractivity contribution < 1.29 is 9.53 Å². The quantitative estimate of drug-likeness (QED) is 0.543. The largest absolute Gasteiger partial charge is 0.462 e. The van der Waals surface area contributed by atoms with Crippen LogP contribution in [0, 0.1) is 0 Å². The summed E-state index contributed by atoms with van der Waals surface area (Å²) in [5, 5.41) is 0. The van der Waals surface area contributed by atoms with Gasteiger partial charge in [0.05, 0.1) is 12.2 Å². The van der Waals surface area contributed by atoms with Gasteiger partial charge in [0, 0.05) is 25.5 Å². The predicted molar refractivity (Wildman–Crippen MR) is 70.6 cm³/mol. The van der Waals surface area contributed by atoms with E-state index in [1.165, 1.54) is 12.4 Å². The van der Waals surface area contributed by atoms with Crippen molar-refractivity contribution in [2.75, 3.05) is 24.6 Å². The van der Waals surface area contributed by atoms with Gasteiger partial charge < -0.3 is 9.64 Å². The molecule has 0 saturated heterocycles. The van der Waals surface area contributed by atoms with Gasteiger partial charge in [0.15, 0.2) is 0 Å². The Morgan fingerprint density at radius 2 is 1.89 bits per heavy atom. The molecule has 1 aromatic rings. The first-order valence-electron chi connectivity index (χ1n) is 5.68. The topological polar surface area (TPSA) is 55.3 Å². The van der Waals surface area contributed by atoms with E-state index < -0.39 is 5.97 Å². The summed E-state index contributed by atoms with van der Waals surface area (Å²) in [6, 6.07) is 0. The smallest absolute Gasteiger partial charge is 0.341 e. The SMILES string of the molecule is C=CCN(CC=C)c1ncc(C(=O)OCC)cn1. The Balaban J connectivity index is 2.82. The Kier molecular flexibility index (Phi) is 5.57. The molecule has 96 valence electrons. The van der Waals surface area contributed by atoms with E-state index in [0.29, 0.717) is 31.2 Å². The fourth-order valence-electron chi connectivity index (χ4n) is 1.35. The fourth-order valence-corrected chi connectivity index (χ4v) is 1.35. The van der Waals surface area contributed by atoms with Gasteiger partial charge >= 0.3 is 5.97 Å². The van der Waals surface area contributed by atoms with E-state index >= 15 is 0 Å². The van der Waals surface area contributed by atoms with Gasteiger partial charge in [-0.3, -0.25) is 0 Å². The lowest BCUT2D eigenvalue weighted by Crippen LogP contribution is -2.25. The van der Waals surface area contributed by atoms with E-state index in [-0.39, 0.29) is 0 Å². The Hall–Kier alpha value is -2.17. The summed E-state index contributed by atoms with van der Waals surface area (Å²) in [5.41, 5.74) is 0.345. The molecular formula is C13H17N3O2. The summed E-state index contributed by atoms with van der Waals surface area (Å²) in [4.78, 5) is 21.6. The first-order chi connectivity index (χ1) is 8.72. The summed E-state index contributed by atoms with van der Waals surface area (Å²) < 4.78 is 4.86. The monoisotopic (exact) mass is 247 g/mol. The van der Waals surface area contributed by atoms with Gasteiger partial charge in [0.25, 0.3) is 0 Å². The second-order valence-corrected chi connectivity index (χ2v) is 3.47. The Bertz CT molecular complexity index is 405. The number of anilines is 1. The second-order valence-electron chi connectivity index (χ2n) is 3.47.